The van der Waals surface area contributed by atoms with Gasteiger partial charge in [0, 0.05) is 12.6 Å². The zero-order valence-electron chi connectivity index (χ0n) is 17.4. The topological polar surface area (TPSA) is 116 Å². The van der Waals surface area contributed by atoms with Crippen molar-refractivity contribution in [3.05, 3.63) is 53.4 Å². The lowest BCUT2D eigenvalue weighted by Crippen LogP contribution is -2.61. The summed E-state index contributed by atoms with van der Waals surface area (Å²) in [4.78, 5) is 11.8. The first kappa shape index (κ1) is 24.3. The number of hydrogen-bond donors (Lipinski definition) is 5. The largest absolute Gasteiger partial charge is 0.480 e. The van der Waals surface area contributed by atoms with Gasteiger partial charge in [0.05, 0.1) is 5.83 Å². The van der Waals surface area contributed by atoms with Crippen LogP contribution >= 0.6 is 0 Å². The fourth-order valence-corrected chi connectivity index (χ4v) is 3.83. The highest BCUT2D eigenvalue weighted by atomic mass is 19.1. The van der Waals surface area contributed by atoms with E-state index in [-0.39, 0.29) is 24.1 Å². The molecule has 2 rings (SSSR count). The number of nitrogens with two attached hydrogens (primary N) is 1. The number of carbonyl (C=O) groups is 1. The van der Waals surface area contributed by atoms with Gasteiger partial charge in [-0.05, 0) is 55.6 Å². The molecule has 0 aromatic heterocycles. The van der Waals surface area contributed by atoms with Gasteiger partial charge in [-0.15, -0.1) is 0 Å². The van der Waals surface area contributed by atoms with Crippen LogP contribution < -0.4 is 11.1 Å². The Hall–Kier alpha value is -2.00. The van der Waals surface area contributed by atoms with E-state index in [0.29, 0.717) is 38.6 Å². The van der Waals surface area contributed by atoms with E-state index in [9.17, 15) is 14.3 Å². The first-order valence-corrected chi connectivity index (χ1v) is 10.4. The smallest absolute Gasteiger partial charge is 0.451 e. The summed E-state index contributed by atoms with van der Waals surface area (Å²) in [5, 5.41) is 30.9. The summed E-state index contributed by atoms with van der Waals surface area (Å²) >= 11 is 0. The van der Waals surface area contributed by atoms with Crippen LogP contribution in [0.15, 0.2) is 42.2 Å². The third kappa shape index (κ3) is 7.06. The fraction of sp³-hybridized carbons (Fsp3) is 0.500. The molecule has 1 atom stereocenters. The Labute approximate surface area is 177 Å². The summed E-state index contributed by atoms with van der Waals surface area (Å²) in [6, 6.07) is 8.06. The quantitative estimate of drug-likeness (QED) is 0.203. The van der Waals surface area contributed by atoms with E-state index in [1.807, 2.05) is 30.3 Å². The van der Waals surface area contributed by atoms with Gasteiger partial charge in [0.15, 0.2) is 0 Å². The Balaban J connectivity index is 1.86. The maximum absolute atomic E-state index is 12.9. The SMILES string of the molecule is C/C(F)=C\C=C/c1ccccc1CNC1CC(C(N)(CCCCB(O)O)C(=O)O)C1. The van der Waals surface area contributed by atoms with Gasteiger partial charge in [0.1, 0.15) is 5.54 Å². The van der Waals surface area contributed by atoms with Gasteiger partial charge in [-0.1, -0.05) is 49.3 Å². The molecule has 6 N–H and O–H groups in total. The standard InChI is InChI=1S/C22H32BFN2O4/c1-16(24)7-6-10-17-8-2-3-9-18(17)15-26-20-13-19(14-20)22(25,21(27)28)11-4-5-12-23(29)30/h2-3,6-10,19-20,26,29-30H,4-5,11-15,25H2,1H3,(H,27,28)/b10-6-,16-7+. The number of rotatable bonds is 12. The Bertz CT molecular complexity index is 761. The van der Waals surface area contributed by atoms with Crippen LogP contribution in [-0.2, 0) is 11.3 Å². The van der Waals surface area contributed by atoms with E-state index in [2.05, 4.69) is 5.32 Å². The lowest BCUT2D eigenvalue weighted by molar-refractivity contribution is -0.148. The second-order valence-corrected chi connectivity index (χ2v) is 8.13. The van der Waals surface area contributed by atoms with Crippen molar-refractivity contribution in [2.45, 2.75) is 63.5 Å². The summed E-state index contributed by atoms with van der Waals surface area (Å²) in [6.07, 6.45) is 7.94. The molecule has 1 aromatic carbocycles. The molecule has 1 aliphatic carbocycles. The summed E-state index contributed by atoms with van der Waals surface area (Å²) < 4.78 is 12.9. The van der Waals surface area contributed by atoms with Gasteiger partial charge in [-0.2, -0.15) is 0 Å². The molecule has 0 heterocycles. The number of carboxylic acids is 1. The average molecular weight is 418 g/mol. The molecule has 1 aliphatic rings. The zero-order valence-corrected chi connectivity index (χ0v) is 17.4. The summed E-state index contributed by atoms with van der Waals surface area (Å²) in [5.74, 6) is -1.36. The Morgan fingerprint density at radius 1 is 1.33 bits per heavy atom. The molecule has 1 unspecified atom stereocenters. The van der Waals surface area contributed by atoms with Crippen molar-refractivity contribution in [1.29, 1.82) is 0 Å². The third-order valence-electron chi connectivity index (χ3n) is 5.81. The van der Waals surface area contributed by atoms with Crippen LogP contribution in [0.4, 0.5) is 4.39 Å². The van der Waals surface area contributed by atoms with Crippen LogP contribution in [0.1, 0.15) is 50.2 Å². The zero-order chi connectivity index (χ0) is 22.1. The number of nitrogens with one attached hydrogen (secondary N) is 1. The summed E-state index contributed by atoms with van der Waals surface area (Å²) in [7, 11) is -1.37. The monoisotopic (exact) mass is 418 g/mol. The van der Waals surface area contributed by atoms with Gasteiger partial charge >= 0.3 is 13.1 Å². The van der Waals surface area contributed by atoms with Crippen molar-refractivity contribution in [3.8, 4) is 0 Å². The maximum atomic E-state index is 12.9. The number of aliphatic carboxylic acids is 1. The van der Waals surface area contributed by atoms with Crippen LogP contribution in [0.3, 0.4) is 0 Å². The van der Waals surface area contributed by atoms with Crippen molar-refractivity contribution >= 4 is 19.2 Å². The van der Waals surface area contributed by atoms with Crippen LogP contribution in [0.2, 0.25) is 6.32 Å². The van der Waals surface area contributed by atoms with E-state index in [1.54, 1.807) is 6.08 Å². The number of allylic oxidation sites excluding steroid dienone is 3. The number of hydrogen-bond acceptors (Lipinski definition) is 5. The van der Waals surface area contributed by atoms with Gasteiger partial charge < -0.3 is 26.2 Å². The first-order chi connectivity index (χ1) is 14.2. The molecular weight excluding hydrogens is 386 g/mol. The van der Waals surface area contributed by atoms with E-state index in [4.69, 9.17) is 15.8 Å². The number of unbranched alkanes of at least 4 members (excludes halogenated alkanes) is 1. The molecule has 0 radical (unpaired) electrons. The predicted octanol–water partition coefficient (Wildman–Crippen LogP) is 2.87. The Kier molecular flexibility index (Phi) is 9.23. The van der Waals surface area contributed by atoms with Crippen molar-refractivity contribution in [1.82, 2.24) is 5.32 Å². The van der Waals surface area contributed by atoms with Gasteiger partial charge in [-0.25, -0.2) is 4.39 Å². The molecule has 1 aromatic rings. The second kappa shape index (κ2) is 11.4. The number of carboxylic acid groups (broad SMARTS) is 1. The second-order valence-electron chi connectivity index (χ2n) is 8.13. The minimum absolute atomic E-state index is 0.112. The maximum Gasteiger partial charge on any atom is 0.451 e. The fourth-order valence-electron chi connectivity index (χ4n) is 3.83. The highest BCUT2D eigenvalue weighted by Gasteiger charge is 2.48. The molecule has 0 saturated heterocycles. The van der Waals surface area contributed by atoms with Crippen LogP contribution in [-0.4, -0.2) is 39.8 Å². The molecule has 30 heavy (non-hydrogen) atoms. The van der Waals surface area contributed by atoms with E-state index in [1.165, 1.54) is 13.0 Å². The molecule has 0 bridgehead atoms. The number of benzene rings is 1. The lowest BCUT2D eigenvalue weighted by atomic mass is 9.66. The van der Waals surface area contributed by atoms with E-state index < -0.39 is 18.6 Å². The minimum atomic E-state index is -1.37. The van der Waals surface area contributed by atoms with Crippen LogP contribution in [0, 0.1) is 5.92 Å². The van der Waals surface area contributed by atoms with E-state index >= 15 is 0 Å². The van der Waals surface area contributed by atoms with Gasteiger partial charge in [-0.3, -0.25) is 4.79 Å². The third-order valence-corrected chi connectivity index (χ3v) is 5.81. The summed E-state index contributed by atoms with van der Waals surface area (Å²) in [5.41, 5.74) is 7.04. The lowest BCUT2D eigenvalue weighted by Gasteiger charge is -2.45. The van der Waals surface area contributed by atoms with Crippen molar-refractivity contribution in [2.75, 3.05) is 0 Å². The molecule has 0 aliphatic heterocycles. The van der Waals surface area contributed by atoms with Crippen molar-refractivity contribution in [2.24, 2.45) is 11.7 Å². The van der Waals surface area contributed by atoms with Crippen molar-refractivity contribution in [3.63, 3.8) is 0 Å². The minimum Gasteiger partial charge on any atom is -0.480 e. The Morgan fingerprint density at radius 2 is 2.03 bits per heavy atom. The van der Waals surface area contributed by atoms with Crippen LogP contribution in [0.25, 0.3) is 6.08 Å². The summed E-state index contributed by atoms with van der Waals surface area (Å²) in [6.45, 7) is 2.03. The average Bonchev–Trinajstić information content (AvgIpc) is 2.64. The van der Waals surface area contributed by atoms with E-state index in [0.717, 1.165) is 11.1 Å². The van der Waals surface area contributed by atoms with Crippen molar-refractivity contribution < 1.29 is 24.3 Å². The highest BCUT2D eigenvalue weighted by Crippen LogP contribution is 2.38. The molecule has 0 amide bonds. The molecule has 1 saturated carbocycles. The van der Waals surface area contributed by atoms with Gasteiger partial charge in [0.25, 0.3) is 0 Å². The van der Waals surface area contributed by atoms with Gasteiger partial charge in [0.2, 0.25) is 0 Å². The molecule has 0 spiro atoms. The van der Waals surface area contributed by atoms with Crippen LogP contribution in [0.5, 0.6) is 0 Å². The molecule has 8 heteroatoms. The molecule has 1 fully saturated rings. The Morgan fingerprint density at radius 3 is 2.67 bits per heavy atom. The molecule has 164 valence electrons. The number of halogens is 1. The molecule has 6 nitrogen and oxygen atoms in total. The first-order valence-electron chi connectivity index (χ1n) is 10.4. The predicted molar refractivity (Wildman–Crippen MR) is 117 cm³/mol. The highest BCUT2D eigenvalue weighted by molar-refractivity contribution is 6.40. The molecular formula is C22H32BFN2O4. The normalized spacial score (nSPS) is 21.3.